The van der Waals surface area contributed by atoms with Crippen LogP contribution in [0.2, 0.25) is 0 Å². The maximum absolute atomic E-state index is 10.0. The van der Waals surface area contributed by atoms with E-state index in [0.717, 1.165) is 0 Å². The minimum absolute atomic E-state index is 0. The Morgan fingerprint density at radius 1 is 0.800 bits per heavy atom. The van der Waals surface area contributed by atoms with Crippen molar-refractivity contribution in [2.75, 3.05) is 0 Å². The molecule has 0 aliphatic carbocycles. The molecule has 0 spiro atoms. The number of ketones is 2. The van der Waals surface area contributed by atoms with Crippen molar-refractivity contribution in [1.82, 2.24) is 0 Å². The van der Waals surface area contributed by atoms with Crippen LogP contribution >= 0.6 is 0 Å². The quantitative estimate of drug-likeness (QED) is 0.450. The smallest absolute Gasteiger partial charge is 0.155 e. The molecule has 0 bridgehead atoms. The Bertz CT molecular complexity index is 231. The second-order valence-corrected chi connectivity index (χ2v) is 2.79. The van der Waals surface area contributed by atoms with Gasteiger partial charge in [-0.3, -0.25) is 9.59 Å². The summed E-state index contributed by atoms with van der Waals surface area (Å²) in [6.45, 7) is 5.70. The zero-order valence-electron chi connectivity index (χ0n) is 9.24. The van der Waals surface area contributed by atoms with Crippen LogP contribution in [-0.4, -0.2) is 21.8 Å². The second-order valence-electron chi connectivity index (χ2n) is 2.79. The third-order valence-electron chi connectivity index (χ3n) is 0.824. The Morgan fingerprint density at radius 3 is 1.00 bits per heavy atom. The van der Waals surface area contributed by atoms with E-state index in [-0.39, 0.29) is 40.2 Å². The van der Waals surface area contributed by atoms with Gasteiger partial charge in [0.15, 0.2) is 11.6 Å². The number of hydrogen-bond donors (Lipinski definition) is 2. The first kappa shape index (κ1) is 19.5. The largest absolute Gasteiger partial charge is 0.512 e. The van der Waals surface area contributed by atoms with Gasteiger partial charge in [-0.2, -0.15) is 0 Å². The van der Waals surface area contributed by atoms with E-state index in [1.807, 2.05) is 0 Å². The predicted molar refractivity (Wildman–Crippen MR) is 54.1 cm³/mol. The van der Waals surface area contributed by atoms with Crippen molar-refractivity contribution in [3.63, 3.8) is 0 Å². The molecule has 4 nitrogen and oxygen atoms in total. The summed E-state index contributed by atoms with van der Waals surface area (Å²) >= 11 is 0. The van der Waals surface area contributed by atoms with Gasteiger partial charge in [0.25, 0.3) is 0 Å². The molecule has 15 heavy (non-hydrogen) atoms. The number of aliphatic hydroxyl groups excluding tert-OH is 2. The molecule has 0 saturated carbocycles. The molecule has 1 radical (unpaired) electrons. The summed E-state index contributed by atoms with van der Waals surface area (Å²) in [5.74, 6) is -0.125. The SMILES string of the molecule is CC(=O)/C=C(/C)O.CC(=O)/C=C(/C)O.[Mn]. The molecule has 0 unspecified atom stereocenters. The summed E-state index contributed by atoms with van der Waals surface area (Å²) in [6.07, 6.45) is 2.33. The average Bonchev–Trinajstić information content (AvgIpc) is 1.79. The van der Waals surface area contributed by atoms with E-state index in [9.17, 15) is 9.59 Å². The topological polar surface area (TPSA) is 74.6 Å². The van der Waals surface area contributed by atoms with Crippen LogP contribution in [0.25, 0.3) is 0 Å². The van der Waals surface area contributed by atoms with Crippen LogP contribution < -0.4 is 0 Å². The standard InChI is InChI=1S/2C5H8O2.Mn/c2*1-4(6)3-5(2)7;/h2*3,6H,1-2H3;/b2*4-3-;. The zero-order chi connectivity index (χ0) is 11.7. The van der Waals surface area contributed by atoms with Gasteiger partial charge >= 0.3 is 0 Å². The van der Waals surface area contributed by atoms with Crippen LogP contribution in [-0.2, 0) is 26.7 Å². The van der Waals surface area contributed by atoms with Crippen molar-refractivity contribution in [2.24, 2.45) is 0 Å². The molecule has 5 heteroatoms. The molecule has 2 N–H and O–H groups in total. The monoisotopic (exact) mass is 255 g/mol. The molecule has 0 fully saturated rings. The zero-order valence-corrected chi connectivity index (χ0v) is 10.4. The fraction of sp³-hybridized carbons (Fsp3) is 0.400. The number of carbonyl (C=O) groups is 2. The fourth-order valence-electron chi connectivity index (χ4n) is 0.588. The van der Waals surface area contributed by atoms with Crippen LogP contribution in [0.15, 0.2) is 23.7 Å². The third-order valence-corrected chi connectivity index (χ3v) is 0.824. The number of allylic oxidation sites excluding steroid dienone is 4. The van der Waals surface area contributed by atoms with E-state index in [4.69, 9.17) is 10.2 Å². The maximum Gasteiger partial charge on any atom is 0.155 e. The van der Waals surface area contributed by atoms with E-state index in [1.165, 1.54) is 39.8 Å². The maximum atomic E-state index is 10.0. The normalized spacial score (nSPS) is 10.7. The number of carbonyl (C=O) groups excluding carboxylic acids is 2. The van der Waals surface area contributed by atoms with E-state index in [2.05, 4.69) is 0 Å². The molecular formula is C10H16MnO4. The second kappa shape index (κ2) is 11.0. The molecule has 0 aromatic rings. The number of rotatable bonds is 2. The molecule has 87 valence electrons. The number of aliphatic hydroxyl groups is 2. The van der Waals surface area contributed by atoms with E-state index >= 15 is 0 Å². The summed E-state index contributed by atoms with van der Waals surface area (Å²) < 4.78 is 0. The Kier molecular flexibility index (Phi) is 14.3. The number of hydrogen-bond acceptors (Lipinski definition) is 4. The summed E-state index contributed by atoms with van der Waals surface area (Å²) in [5, 5.41) is 16.7. The van der Waals surface area contributed by atoms with Crippen LogP contribution in [0.5, 0.6) is 0 Å². The molecule has 0 aliphatic heterocycles. The first-order chi connectivity index (χ1) is 6.25. The molecule has 0 aromatic carbocycles. The molecule has 0 heterocycles. The van der Waals surface area contributed by atoms with Gasteiger partial charge in [0.05, 0.1) is 11.5 Å². The minimum Gasteiger partial charge on any atom is -0.512 e. The van der Waals surface area contributed by atoms with Gasteiger partial charge in [0.2, 0.25) is 0 Å². The van der Waals surface area contributed by atoms with E-state index in [0.29, 0.717) is 0 Å². The van der Waals surface area contributed by atoms with Crippen LogP contribution in [0.4, 0.5) is 0 Å². The van der Waals surface area contributed by atoms with Gasteiger partial charge in [-0.1, -0.05) is 0 Å². The molecule has 0 atom stereocenters. The van der Waals surface area contributed by atoms with E-state index < -0.39 is 0 Å². The summed E-state index contributed by atoms with van der Waals surface area (Å²) in [5.41, 5.74) is 0. The predicted octanol–water partition coefficient (Wildman–Crippen LogP) is 2.07. The molecule has 0 saturated heterocycles. The minimum atomic E-state index is -0.125. The summed E-state index contributed by atoms with van der Waals surface area (Å²) in [4.78, 5) is 20.0. The fourth-order valence-corrected chi connectivity index (χ4v) is 0.588. The molecule has 0 rings (SSSR count). The van der Waals surface area contributed by atoms with Crippen LogP contribution in [0, 0.1) is 0 Å². The third kappa shape index (κ3) is 32.2. The van der Waals surface area contributed by atoms with Gasteiger partial charge in [-0.25, -0.2) is 0 Å². The van der Waals surface area contributed by atoms with Crippen molar-refractivity contribution >= 4 is 11.6 Å². The molecule has 0 aromatic heterocycles. The van der Waals surface area contributed by atoms with Crippen molar-refractivity contribution in [2.45, 2.75) is 27.7 Å². The first-order valence-electron chi connectivity index (χ1n) is 4.01. The summed E-state index contributed by atoms with van der Waals surface area (Å²) in [7, 11) is 0. The van der Waals surface area contributed by atoms with Crippen LogP contribution in [0.1, 0.15) is 27.7 Å². The molecule has 0 amide bonds. The van der Waals surface area contributed by atoms with Crippen molar-refractivity contribution in [3.8, 4) is 0 Å². The van der Waals surface area contributed by atoms with Gasteiger partial charge in [-0.05, 0) is 27.7 Å². The first-order valence-corrected chi connectivity index (χ1v) is 4.01. The Labute approximate surface area is 100 Å². The van der Waals surface area contributed by atoms with Gasteiger partial charge in [-0.15, -0.1) is 0 Å². The summed E-state index contributed by atoms with van der Waals surface area (Å²) in [6, 6.07) is 0. The van der Waals surface area contributed by atoms with Crippen molar-refractivity contribution < 1.29 is 36.9 Å². The van der Waals surface area contributed by atoms with Crippen molar-refractivity contribution in [3.05, 3.63) is 23.7 Å². The molecule has 0 aliphatic rings. The Balaban J connectivity index is -0.000000180. The molecular weight excluding hydrogens is 239 g/mol. The van der Waals surface area contributed by atoms with Gasteiger partial charge < -0.3 is 10.2 Å². The van der Waals surface area contributed by atoms with Gasteiger partial charge in [0, 0.05) is 29.2 Å². The Morgan fingerprint density at radius 2 is 1.00 bits per heavy atom. The van der Waals surface area contributed by atoms with E-state index in [1.54, 1.807) is 0 Å². The van der Waals surface area contributed by atoms with Crippen LogP contribution in [0.3, 0.4) is 0 Å². The van der Waals surface area contributed by atoms with Crippen molar-refractivity contribution in [1.29, 1.82) is 0 Å². The average molecular weight is 255 g/mol. The Hall–Kier alpha value is -1.06. The van der Waals surface area contributed by atoms with Gasteiger partial charge in [0.1, 0.15) is 0 Å².